The minimum atomic E-state index is 0. The minimum Gasteiger partial charge on any atom is 0 e. The van der Waals surface area contributed by atoms with Crippen molar-refractivity contribution in [1.82, 2.24) is 0 Å². The Bertz CT molecular complexity index is 7.61. The molecule has 0 aliphatic rings. The van der Waals surface area contributed by atoms with E-state index < -0.39 is 0 Å². The summed E-state index contributed by atoms with van der Waals surface area (Å²) in [5.41, 5.74) is 0. The number of hydrogen-bond donors (Lipinski definition) is 0. The van der Waals surface area contributed by atoms with Gasteiger partial charge in [0.05, 0.1) is 0 Å². The maximum atomic E-state index is 2.12. The zero-order valence-electron chi connectivity index (χ0n) is 3.24. The minimum absolute atomic E-state index is 0. The van der Waals surface area contributed by atoms with E-state index in [0.29, 0.717) is 0 Å². The molecule has 0 atom stereocenters. The van der Waals surface area contributed by atoms with Gasteiger partial charge in [0.1, 0.15) is 0 Å². The molecule has 0 radical (unpaired) electrons. The molecule has 14 valence electrons. The molecule has 5 heavy (non-hydrogen) atoms. The molecule has 0 aliphatic heterocycles. The Kier molecular flexibility index (Phi) is 107. The third-order valence-electron chi connectivity index (χ3n) is 0. The van der Waals surface area contributed by atoms with E-state index in [1.165, 1.54) is 0 Å². The zero-order valence-corrected chi connectivity index (χ0v) is 24.6. The van der Waals surface area contributed by atoms with E-state index in [2.05, 4.69) is 16.9 Å². The van der Waals surface area contributed by atoms with Crippen LogP contribution in [0.25, 0.3) is 0 Å². The smallest absolute Gasteiger partial charge is 0 e. The Morgan fingerprint density at radius 1 is 1.00 bits per heavy atom. The van der Waals surface area contributed by atoms with Crippen LogP contribution < -0.4 is 0 Å². The molecule has 0 amide bonds. The van der Waals surface area contributed by atoms with Gasteiger partial charge in [0.2, 0.25) is 0 Å². The summed E-state index contributed by atoms with van der Waals surface area (Å²) in [4.78, 5) is 0. The molecule has 0 saturated carbocycles. The van der Waals surface area contributed by atoms with Crippen LogP contribution in [0.4, 0.5) is 0 Å². The topological polar surface area (TPSA) is 0 Å². The van der Waals surface area contributed by atoms with Gasteiger partial charge in [-0.25, -0.2) is 0 Å². The molecule has 0 rings (SSSR count). The fourth-order valence-electron chi connectivity index (χ4n) is 0. The predicted octanol–water partition coefficient (Wildman–Crippen LogP) is -0.391. The van der Waals surface area contributed by atoms with Crippen molar-refractivity contribution in [3.8, 4) is 0 Å². The van der Waals surface area contributed by atoms with Gasteiger partial charge >= 0.3 is 37.7 Å². The van der Waals surface area contributed by atoms with Crippen LogP contribution in [-0.4, -0.2) is 16.9 Å². The largest absolute Gasteiger partial charge is 0 e. The molecule has 0 fully saturated rings. The molecular formula is Cd2Hg2Te. The normalized spacial score (nSPS) is 1.20. The number of hydrogen-bond acceptors (Lipinski definition) is 0. The van der Waals surface area contributed by atoms with Gasteiger partial charge < -0.3 is 0 Å². The fraction of sp³-hybridized carbons (Fsp3) is 0. The summed E-state index contributed by atoms with van der Waals surface area (Å²) in [6, 6.07) is 0. The van der Waals surface area contributed by atoms with Gasteiger partial charge in [0.15, 0.2) is 0 Å². The van der Waals surface area contributed by atoms with Crippen molar-refractivity contribution in [3.05, 3.63) is 0 Å². The summed E-state index contributed by atoms with van der Waals surface area (Å²) in [6.45, 7) is 0. The average Bonchev–Trinajstić information content (AvgIpc) is 1.00. The van der Waals surface area contributed by atoms with E-state index in [1.54, 1.807) is 0 Å². The Labute approximate surface area is 117 Å². The maximum absolute atomic E-state index is 2.12. The van der Waals surface area contributed by atoms with E-state index in [1.807, 2.05) is 0 Å². The van der Waals surface area contributed by atoms with Crippen LogP contribution in [0.2, 0.25) is 0 Å². The predicted molar refractivity (Wildman–Crippen MR) is 5.75 cm³/mol. The van der Waals surface area contributed by atoms with Gasteiger partial charge in [0, 0.05) is 82.6 Å². The molecule has 0 N–H and O–H groups in total. The Morgan fingerprint density at radius 3 is 1.00 bits per heavy atom. The van der Waals surface area contributed by atoms with Gasteiger partial charge in [-0.3, -0.25) is 0 Å². The van der Waals surface area contributed by atoms with Gasteiger partial charge in [-0.05, 0) is 0 Å². The zero-order chi connectivity index (χ0) is 2.00. The molecule has 5 heteroatoms. The molecule has 0 aromatic rings. The average molecular weight is 754 g/mol. The van der Waals surface area contributed by atoms with Crippen molar-refractivity contribution < 1.29 is 104 Å². The molecule has 0 bridgehead atoms. The Hall–Kier alpha value is 4.50. The van der Waals surface area contributed by atoms with Crippen LogP contribution in [0, 0.1) is 0 Å². The Balaban J connectivity index is -0.00000000167. The van der Waals surface area contributed by atoms with Gasteiger partial charge in [-0.1, -0.05) is 0 Å². The molecule has 0 nitrogen and oxygen atoms in total. The van der Waals surface area contributed by atoms with Gasteiger partial charge in [-0.2, -0.15) is 0 Å². The summed E-state index contributed by atoms with van der Waals surface area (Å²) < 4.78 is 0. The molecular weight excluding hydrogens is 754 g/mol. The van der Waals surface area contributed by atoms with E-state index in [0.717, 1.165) is 20.9 Å². The first-order valence-electron chi connectivity index (χ1n) is 0.289. The van der Waals surface area contributed by atoms with E-state index >= 15 is 0 Å². The second-order valence-electron chi connectivity index (χ2n) is 0. The monoisotopic (exact) mass is 762 g/mol. The number of rotatable bonds is 0. The molecule has 0 unspecified atom stereocenters. The van der Waals surface area contributed by atoms with Crippen molar-refractivity contribution in [3.63, 3.8) is 0 Å². The first kappa shape index (κ1) is 22.7. The summed E-state index contributed by atoms with van der Waals surface area (Å²) >= 11 is 3.28. The van der Waals surface area contributed by atoms with Crippen molar-refractivity contribution >= 4 is 16.9 Å². The molecule has 0 spiro atoms. The van der Waals surface area contributed by atoms with Crippen LogP contribution in [0.15, 0.2) is 0 Å². The summed E-state index contributed by atoms with van der Waals surface area (Å²) in [5.74, 6) is 0. The maximum Gasteiger partial charge on any atom is 0 e. The van der Waals surface area contributed by atoms with Crippen LogP contribution in [-0.2, 0) is 104 Å². The summed E-state index contributed by atoms with van der Waals surface area (Å²) in [6.07, 6.45) is 0. The van der Waals surface area contributed by atoms with E-state index in [9.17, 15) is 0 Å². The Morgan fingerprint density at radius 2 is 1.00 bits per heavy atom. The third-order valence-corrected chi connectivity index (χ3v) is 0. The van der Waals surface area contributed by atoms with Crippen molar-refractivity contribution in [2.75, 3.05) is 0 Å². The molecule has 0 aromatic carbocycles. The summed E-state index contributed by atoms with van der Waals surface area (Å²) in [5, 5.41) is 0. The fourth-order valence-corrected chi connectivity index (χ4v) is 0. The van der Waals surface area contributed by atoms with E-state index in [-0.39, 0.29) is 82.6 Å². The van der Waals surface area contributed by atoms with Gasteiger partial charge in [-0.15, -0.1) is 0 Å². The first-order valence-corrected chi connectivity index (χ1v) is 13.0. The molecule has 0 aliphatic carbocycles. The molecule has 0 saturated heterocycles. The first-order chi connectivity index (χ1) is 1.00. The third kappa shape index (κ3) is 17.7. The van der Waals surface area contributed by atoms with Crippen molar-refractivity contribution in [2.45, 2.75) is 0 Å². The van der Waals surface area contributed by atoms with Crippen molar-refractivity contribution in [1.29, 1.82) is 0 Å². The standard InChI is InChI=1S/2Cd.2Hg.Te. The molecule has 0 aromatic heterocycles. The van der Waals surface area contributed by atoms with Crippen molar-refractivity contribution in [2.24, 2.45) is 0 Å². The van der Waals surface area contributed by atoms with Crippen LogP contribution in [0.3, 0.4) is 0 Å². The van der Waals surface area contributed by atoms with Crippen LogP contribution >= 0.6 is 0 Å². The van der Waals surface area contributed by atoms with Gasteiger partial charge in [0.25, 0.3) is 0 Å². The second-order valence-corrected chi connectivity index (χ2v) is 0. The quantitative estimate of drug-likeness (QED) is 0.296. The molecule has 0 heterocycles. The second kappa shape index (κ2) is 23.6. The SMILES string of the molecule is [Cd].[Cd]=[Te].[Hg].[Hg]. The van der Waals surface area contributed by atoms with E-state index in [4.69, 9.17) is 0 Å². The van der Waals surface area contributed by atoms with Crippen LogP contribution in [0.1, 0.15) is 0 Å². The summed E-state index contributed by atoms with van der Waals surface area (Å²) in [7, 11) is 0. The van der Waals surface area contributed by atoms with Crippen LogP contribution in [0.5, 0.6) is 0 Å².